The second-order valence-corrected chi connectivity index (χ2v) is 6.49. The smallest absolute Gasteiger partial charge is 0.320 e. The van der Waals surface area contributed by atoms with Crippen molar-refractivity contribution in [2.45, 2.75) is 12.6 Å². The summed E-state index contributed by atoms with van der Waals surface area (Å²) in [5.74, 6) is 0.0402. The van der Waals surface area contributed by atoms with E-state index in [0.717, 1.165) is 5.56 Å². The van der Waals surface area contributed by atoms with E-state index in [4.69, 9.17) is 0 Å². The number of hydrogen-bond donors (Lipinski definition) is 0. The van der Waals surface area contributed by atoms with Gasteiger partial charge in [-0.1, -0.05) is 24.3 Å². The van der Waals surface area contributed by atoms with Gasteiger partial charge in [-0.2, -0.15) is 0 Å². The van der Waals surface area contributed by atoms with Crippen LogP contribution in [0.15, 0.2) is 54.9 Å². The number of benzene rings is 1. The fourth-order valence-corrected chi connectivity index (χ4v) is 3.57. The Kier molecular flexibility index (Phi) is 4.09. The van der Waals surface area contributed by atoms with E-state index in [0.29, 0.717) is 38.3 Å². The highest BCUT2D eigenvalue weighted by molar-refractivity contribution is 5.94. The third-order valence-electron chi connectivity index (χ3n) is 4.83. The number of pyridine rings is 1. The summed E-state index contributed by atoms with van der Waals surface area (Å²) < 4.78 is 0. The molecule has 3 amide bonds. The van der Waals surface area contributed by atoms with Crippen LogP contribution in [0.5, 0.6) is 0 Å². The van der Waals surface area contributed by atoms with E-state index in [1.54, 1.807) is 12.4 Å². The lowest BCUT2D eigenvalue weighted by atomic mass is 10.1. The highest BCUT2D eigenvalue weighted by atomic mass is 16.2. The molecule has 1 aromatic carbocycles. The molecule has 1 aromatic heterocycles. The monoisotopic (exact) mass is 336 g/mol. The summed E-state index contributed by atoms with van der Waals surface area (Å²) in [6.07, 6.45) is 3.52. The molecule has 1 unspecified atom stereocenters. The molecule has 25 heavy (non-hydrogen) atoms. The highest BCUT2D eigenvalue weighted by Gasteiger charge is 2.41. The number of amides is 3. The maximum absolute atomic E-state index is 12.6. The van der Waals surface area contributed by atoms with Crippen molar-refractivity contribution in [1.29, 1.82) is 0 Å². The zero-order valence-corrected chi connectivity index (χ0v) is 13.9. The van der Waals surface area contributed by atoms with Gasteiger partial charge in [0.25, 0.3) is 5.91 Å². The summed E-state index contributed by atoms with van der Waals surface area (Å²) >= 11 is 0. The fraction of sp³-hybridized carbons (Fsp3) is 0.316. The SMILES string of the molecule is O=C(c1ccccc1)N1CCN2C(=O)N(Cc3cccnc3)CC2C1. The normalized spacial score (nSPS) is 19.9. The van der Waals surface area contributed by atoms with E-state index in [9.17, 15) is 9.59 Å². The average molecular weight is 336 g/mol. The largest absolute Gasteiger partial charge is 0.335 e. The van der Waals surface area contributed by atoms with Crippen molar-refractivity contribution in [3.05, 3.63) is 66.0 Å². The second-order valence-electron chi connectivity index (χ2n) is 6.49. The molecule has 6 nitrogen and oxygen atoms in total. The van der Waals surface area contributed by atoms with Crippen molar-refractivity contribution in [3.8, 4) is 0 Å². The van der Waals surface area contributed by atoms with E-state index < -0.39 is 0 Å². The first-order chi connectivity index (χ1) is 12.2. The van der Waals surface area contributed by atoms with Crippen LogP contribution in [-0.2, 0) is 6.54 Å². The molecule has 128 valence electrons. The van der Waals surface area contributed by atoms with Crippen molar-refractivity contribution in [2.24, 2.45) is 0 Å². The summed E-state index contributed by atoms with van der Waals surface area (Å²) in [6, 6.07) is 13.3. The first-order valence-electron chi connectivity index (χ1n) is 8.51. The summed E-state index contributed by atoms with van der Waals surface area (Å²) in [4.78, 5) is 35.0. The van der Waals surface area contributed by atoms with Crippen LogP contribution >= 0.6 is 0 Å². The molecular formula is C19H20N4O2. The Labute approximate surface area is 146 Å². The van der Waals surface area contributed by atoms with Gasteiger partial charge in [-0.25, -0.2) is 4.79 Å². The van der Waals surface area contributed by atoms with Crippen molar-refractivity contribution in [3.63, 3.8) is 0 Å². The van der Waals surface area contributed by atoms with E-state index in [-0.39, 0.29) is 18.0 Å². The number of carbonyl (C=O) groups excluding carboxylic acids is 2. The van der Waals surface area contributed by atoms with Gasteiger partial charge in [-0.3, -0.25) is 9.78 Å². The van der Waals surface area contributed by atoms with Gasteiger partial charge < -0.3 is 14.7 Å². The number of urea groups is 1. The molecule has 2 aliphatic heterocycles. The molecule has 0 N–H and O–H groups in total. The molecule has 2 aliphatic rings. The van der Waals surface area contributed by atoms with Gasteiger partial charge >= 0.3 is 6.03 Å². The molecule has 2 aromatic rings. The lowest BCUT2D eigenvalue weighted by Crippen LogP contribution is -2.53. The Balaban J connectivity index is 1.43. The molecule has 0 aliphatic carbocycles. The molecule has 0 spiro atoms. The molecule has 3 heterocycles. The maximum Gasteiger partial charge on any atom is 0.320 e. The number of piperazine rings is 1. The zero-order chi connectivity index (χ0) is 17.2. The minimum atomic E-state index is 0.0402. The Bertz CT molecular complexity index is 766. The van der Waals surface area contributed by atoms with Crippen molar-refractivity contribution in [1.82, 2.24) is 19.7 Å². The first kappa shape index (κ1) is 15.6. The van der Waals surface area contributed by atoms with E-state index in [1.165, 1.54) is 0 Å². The number of nitrogens with zero attached hydrogens (tertiary/aromatic N) is 4. The highest BCUT2D eigenvalue weighted by Crippen LogP contribution is 2.23. The van der Waals surface area contributed by atoms with E-state index in [1.807, 2.05) is 57.2 Å². The van der Waals surface area contributed by atoms with Crippen molar-refractivity contribution < 1.29 is 9.59 Å². The van der Waals surface area contributed by atoms with Gasteiger partial charge in [-0.15, -0.1) is 0 Å². The minimum Gasteiger partial charge on any atom is -0.335 e. The van der Waals surface area contributed by atoms with Crippen molar-refractivity contribution >= 4 is 11.9 Å². The van der Waals surface area contributed by atoms with Crippen LogP contribution in [0.25, 0.3) is 0 Å². The third kappa shape index (κ3) is 3.07. The third-order valence-corrected chi connectivity index (χ3v) is 4.83. The van der Waals surface area contributed by atoms with Crippen LogP contribution < -0.4 is 0 Å². The minimum absolute atomic E-state index is 0.0402. The second kappa shape index (κ2) is 6.55. The molecule has 0 bridgehead atoms. The number of rotatable bonds is 3. The van der Waals surface area contributed by atoms with Gasteiger partial charge in [0.15, 0.2) is 0 Å². The summed E-state index contributed by atoms with van der Waals surface area (Å²) in [6.45, 7) is 2.96. The van der Waals surface area contributed by atoms with Crippen LogP contribution in [0.4, 0.5) is 4.79 Å². The number of fused-ring (bicyclic) bond motifs is 1. The first-order valence-corrected chi connectivity index (χ1v) is 8.51. The molecule has 6 heteroatoms. The van der Waals surface area contributed by atoms with E-state index in [2.05, 4.69) is 4.98 Å². The standard InChI is InChI=1S/C19H20N4O2/c24-18(16-6-2-1-3-7-16)21-9-10-23-17(13-21)14-22(19(23)25)12-15-5-4-8-20-11-15/h1-8,11,17H,9-10,12-14H2. The Hall–Kier alpha value is -2.89. The maximum atomic E-state index is 12.6. The molecule has 1 atom stereocenters. The molecule has 2 fully saturated rings. The van der Waals surface area contributed by atoms with Crippen LogP contribution in [0.1, 0.15) is 15.9 Å². The predicted octanol–water partition coefficient (Wildman–Crippen LogP) is 1.84. The summed E-state index contributed by atoms with van der Waals surface area (Å²) in [5, 5.41) is 0. The summed E-state index contributed by atoms with van der Waals surface area (Å²) in [7, 11) is 0. The quantitative estimate of drug-likeness (QED) is 0.859. The zero-order valence-electron chi connectivity index (χ0n) is 13.9. The molecule has 0 saturated carbocycles. The predicted molar refractivity (Wildman–Crippen MR) is 92.9 cm³/mol. The number of carbonyl (C=O) groups is 2. The van der Waals surface area contributed by atoms with Gasteiger partial charge in [0.05, 0.1) is 6.04 Å². The van der Waals surface area contributed by atoms with Gasteiger partial charge in [0.2, 0.25) is 0 Å². The molecule has 0 radical (unpaired) electrons. The van der Waals surface area contributed by atoms with Gasteiger partial charge in [-0.05, 0) is 23.8 Å². The Morgan fingerprint density at radius 1 is 1.08 bits per heavy atom. The van der Waals surface area contributed by atoms with Gasteiger partial charge in [0, 0.05) is 50.7 Å². The topological polar surface area (TPSA) is 56.8 Å². The number of hydrogen-bond acceptors (Lipinski definition) is 3. The average Bonchev–Trinajstić information content (AvgIpc) is 2.97. The Morgan fingerprint density at radius 2 is 1.92 bits per heavy atom. The number of aromatic nitrogens is 1. The fourth-order valence-electron chi connectivity index (χ4n) is 3.57. The summed E-state index contributed by atoms with van der Waals surface area (Å²) in [5.41, 5.74) is 1.72. The van der Waals surface area contributed by atoms with Gasteiger partial charge in [0.1, 0.15) is 0 Å². The van der Waals surface area contributed by atoms with Crippen LogP contribution in [0, 0.1) is 0 Å². The molecular weight excluding hydrogens is 316 g/mol. The van der Waals surface area contributed by atoms with Crippen molar-refractivity contribution in [2.75, 3.05) is 26.2 Å². The van der Waals surface area contributed by atoms with Crippen LogP contribution in [0.2, 0.25) is 0 Å². The lowest BCUT2D eigenvalue weighted by Gasteiger charge is -2.36. The molecule has 2 saturated heterocycles. The lowest BCUT2D eigenvalue weighted by molar-refractivity contribution is 0.0617. The Morgan fingerprint density at radius 3 is 2.68 bits per heavy atom. The van der Waals surface area contributed by atoms with Crippen LogP contribution in [0.3, 0.4) is 0 Å². The van der Waals surface area contributed by atoms with Crippen LogP contribution in [-0.4, -0.2) is 63.8 Å². The van der Waals surface area contributed by atoms with E-state index >= 15 is 0 Å². The molecule has 4 rings (SSSR count).